The largest absolute Gasteiger partial charge is 0.463 e. The molecule has 0 aromatic carbocycles. The maximum absolute atomic E-state index is 12.2. The van der Waals surface area contributed by atoms with Gasteiger partial charge in [0.2, 0.25) is 5.79 Å². The number of hydrogen-bond acceptors (Lipinski definition) is 16. The van der Waals surface area contributed by atoms with Gasteiger partial charge in [0, 0.05) is 12.8 Å². The van der Waals surface area contributed by atoms with Gasteiger partial charge in [-0.15, -0.1) is 34.8 Å². The van der Waals surface area contributed by atoms with Crippen molar-refractivity contribution in [2.24, 2.45) is 0 Å². The Hall–Kier alpha value is -0.670. The fraction of sp³-hybridized carbons (Fsp3) is 0.917. The Balaban J connectivity index is 1.77. The summed E-state index contributed by atoms with van der Waals surface area (Å²) in [6, 6.07) is 0. The van der Waals surface area contributed by atoms with Crippen molar-refractivity contribution in [1.82, 2.24) is 0 Å². The van der Waals surface area contributed by atoms with Gasteiger partial charge in [0.1, 0.15) is 74.3 Å². The zero-order valence-electron chi connectivity index (χ0n) is 22.8. The Morgan fingerprint density at radius 3 is 1.95 bits per heavy atom. The highest BCUT2D eigenvalue weighted by atomic mass is 35.5. The van der Waals surface area contributed by atoms with Gasteiger partial charge in [-0.2, -0.15) is 0 Å². The lowest BCUT2D eigenvalue weighted by atomic mass is 10.0. The Kier molecular flexibility index (Phi) is 16.0. The van der Waals surface area contributed by atoms with Crippen molar-refractivity contribution in [3.63, 3.8) is 0 Å². The molecule has 2 fully saturated rings. The van der Waals surface area contributed by atoms with Gasteiger partial charge in [0.05, 0.1) is 23.7 Å². The number of halogens is 3. The lowest BCUT2D eigenvalue weighted by molar-refractivity contribution is -0.357. The number of hydrogen-bond donors (Lipinski definition) is 9. The molecule has 0 amide bonds. The second kappa shape index (κ2) is 17.9. The van der Waals surface area contributed by atoms with Gasteiger partial charge in [0.15, 0.2) is 6.29 Å². The van der Waals surface area contributed by atoms with Crippen molar-refractivity contribution in [3.05, 3.63) is 0 Å². The van der Waals surface area contributed by atoms with Crippen molar-refractivity contribution >= 4 is 46.7 Å². The number of unbranched alkanes of at least 4 members (excludes halogenated alkanes) is 1. The molecule has 0 aliphatic carbocycles. The Bertz CT molecular complexity index is 874. The van der Waals surface area contributed by atoms with E-state index in [0.717, 1.165) is 0 Å². The number of aliphatic hydroxyl groups excluding tert-OH is 9. The minimum atomic E-state index is -2.05. The normalized spacial score (nSPS) is 35.6. The first kappa shape index (κ1) is 38.5. The Morgan fingerprint density at radius 1 is 0.837 bits per heavy atom. The molecule has 0 saturated carbocycles. The van der Waals surface area contributed by atoms with Crippen LogP contribution in [0.4, 0.5) is 0 Å². The molecule has 0 aromatic rings. The first-order chi connectivity index (χ1) is 20.2. The molecule has 9 N–H and O–H groups in total. The summed E-state index contributed by atoms with van der Waals surface area (Å²) in [4.78, 5) is 24.1. The number of alkyl halides is 3. The van der Waals surface area contributed by atoms with Gasteiger partial charge in [-0.3, -0.25) is 9.59 Å². The van der Waals surface area contributed by atoms with Gasteiger partial charge >= 0.3 is 11.9 Å². The molecule has 0 aromatic heterocycles. The molecule has 2 aliphatic rings. The van der Waals surface area contributed by atoms with Gasteiger partial charge in [-0.05, 0) is 12.8 Å². The van der Waals surface area contributed by atoms with Crippen LogP contribution in [-0.4, -0.2) is 168 Å². The zero-order valence-corrected chi connectivity index (χ0v) is 25.1. The minimum Gasteiger partial charge on any atom is -0.463 e. The second-order valence-electron chi connectivity index (χ2n) is 10.1. The van der Waals surface area contributed by atoms with E-state index in [-0.39, 0.29) is 31.6 Å². The lowest BCUT2D eigenvalue weighted by Gasteiger charge is -2.43. The number of carbonyl (C=O) groups is 2. The van der Waals surface area contributed by atoms with Crippen LogP contribution in [0.3, 0.4) is 0 Å². The topological polar surface area (TPSA) is 262 Å². The van der Waals surface area contributed by atoms with Crippen LogP contribution in [0.2, 0.25) is 0 Å². The molecular weight excluding hydrogens is 651 g/mol. The van der Waals surface area contributed by atoms with Gasteiger partial charge in [-0.1, -0.05) is 0 Å². The van der Waals surface area contributed by atoms with Crippen LogP contribution in [0.15, 0.2) is 0 Å². The van der Waals surface area contributed by atoms with Gasteiger partial charge in [0.25, 0.3) is 0 Å². The molecule has 0 radical (unpaired) electrons. The fourth-order valence-electron chi connectivity index (χ4n) is 4.24. The predicted molar refractivity (Wildman–Crippen MR) is 144 cm³/mol. The second-order valence-corrected chi connectivity index (χ2v) is 11.2. The molecule has 2 heterocycles. The molecule has 0 spiro atoms. The van der Waals surface area contributed by atoms with Gasteiger partial charge in [-0.25, -0.2) is 0 Å². The van der Waals surface area contributed by atoms with Crippen molar-refractivity contribution in [2.45, 2.75) is 104 Å². The third-order valence-corrected chi connectivity index (χ3v) is 8.16. The predicted octanol–water partition coefficient (Wildman–Crippen LogP) is -3.57. The van der Waals surface area contributed by atoms with Crippen molar-refractivity contribution in [3.8, 4) is 0 Å². The molecule has 5 unspecified atom stereocenters. The molecule has 13 atom stereocenters. The maximum Gasteiger partial charge on any atom is 0.305 e. The summed E-state index contributed by atoms with van der Waals surface area (Å²) in [5.41, 5.74) is 0. The summed E-state index contributed by atoms with van der Waals surface area (Å²) >= 11 is 17.8. The number of ether oxygens (including phenoxy) is 5. The molecule has 19 heteroatoms. The van der Waals surface area contributed by atoms with Crippen LogP contribution in [0.25, 0.3) is 0 Å². The third-order valence-electron chi connectivity index (χ3n) is 6.94. The summed E-state index contributed by atoms with van der Waals surface area (Å²) in [7, 11) is 0. The van der Waals surface area contributed by atoms with E-state index < -0.39 is 116 Å². The number of esters is 2. The van der Waals surface area contributed by atoms with Crippen LogP contribution in [-0.2, 0) is 33.3 Å². The van der Waals surface area contributed by atoms with Crippen molar-refractivity contribution in [1.29, 1.82) is 0 Å². The molecule has 2 rings (SSSR count). The van der Waals surface area contributed by atoms with E-state index in [1.165, 1.54) is 0 Å². The van der Waals surface area contributed by atoms with Crippen molar-refractivity contribution < 1.29 is 79.2 Å². The standard InChI is InChI=1S/C24H39Cl3O16/c25-5-12-19(35)22(38)24(9-26,42-12)43-23-21(37)20(36)16(27)13(41-23)8-40-15(32)4-2-1-3-14(31)39-7-11(30)18(34)17(33)10(29)6-28/h10-13,16-23,28-30,33-38H,1-9H2/t10?,11-,12+,13?,16?,17-,18-,19-,20+,21?,22?,23+,24+/m1/s1. The van der Waals surface area contributed by atoms with E-state index in [0.29, 0.717) is 0 Å². The van der Waals surface area contributed by atoms with Crippen LogP contribution in [0, 0.1) is 0 Å². The quantitative estimate of drug-likeness (QED) is 0.0406. The average Bonchev–Trinajstić information content (AvgIpc) is 3.25. The zero-order chi connectivity index (χ0) is 32.5. The van der Waals surface area contributed by atoms with E-state index in [9.17, 15) is 50.4 Å². The number of carbonyl (C=O) groups excluding carboxylic acids is 2. The molecule has 43 heavy (non-hydrogen) atoms. The van der Waals surface area contributed by atoms with E-state index in [2.05, 4.69) is 0 Å². The molecule has 252 valence electrons. The van der Waals surface area contributed by atoms with Crippen LogP contribution >= 0.6 is 34.8 Å². The van der Waals surface area contributed by atoms with Crippen molar-refractivity contribution in [2.75, 3.05) is 31.6 Å². The smallest absolute Gasteiger partial charge is 0.305 e. The third kappa shape index (κ3) is 10.2. The molecule has 16 nitrogen and oxygen atoms in total. The van der Waals surface area contributed by atoms with Crippen LogP contribution < -0.4 is 0 Å². The Labute approximate surface area is 261 Å². The molecule has 0 bridgehead atoms. The highest BCUT2D eigenvalue weighted by molar-refractivity contribution is 6.21. The van der Waals surface area contributed by atoms with E-state index in [4.69, 9.17) is 63.6 Å². The fourth-order valence-corrected chi connectivity index (χ4v) is 5.05. The summed E-state index contributed by atoms with van der Waals surface area (Å²) in [6.07, 6.45) is -17.5. The minimum absolute atomic E-state index is 0.141. The highest BCUT2D eigenvalue weighted by Gasteiger charge is 2.58. The summed E-state index contributed by atoms with van der Waals surface area (Å²) < 4.78 is 26.6. The first-order valence-electron chi connectivity index (χ1n) is 13.4. The average molecular weight is 690 g/mol. The van der Waals surface area contributed by atoms with Crippen LogP contribution in [0.5, 0.6) is 0 Å². The maximum atomic E-state index is 12.2. The molecule has 2 saturated heterocycles. The Morgan fingerprint density at radius 2 is 1.42 bits per heavy atom. The highest BCUT2D eigenvalue weighted by Crippen LogP contribution is 2.38. The molecule has 2 aliphatic heterocycles. The SMILES string of the molecule is O=C(CCCCC(=O)OC[C@@H](O)[C@@H](O)[C@H](O)C(O)CO)OCC1O[C@@H](O[C@]2(CCl)O[C@@H](CCl)[C@@H](O)C2O)C(O)[C@@H](O)C1Cl. The summed E-state index contributed by atoms with van der Waals surface area (Å²) in [6.45, 7) is -2.01. The first-order valence-corrected chi connectivity index (χ1v) is 14.9. The van der Waals surface area contributed by atoms with Gasteiger partial charge < -0.3 is 69.6 Å². The number of aliphatic hydroxyl groups is 9. The van der Waals surface area contributed by atoms with E-state index in [1.807, 2.05) is 0 Å². The molecular formula is C24H39Cl3O16. The van der Waals surface area contributed by atoms with E-state index >= 15 is 0 Å². The lowest BCUT2D eigenvalue weighted by Crippen LogP contribution is -2.61. The number of rotatable bonds is 17. The summed E-state index contributed by atoms with van der Waals surface area (Å²) in [5.74, 6) is -4.26. The van der Waals surface area contributed by atoms with Crippen LogP contribution in [0.1, 0.15) is 25.7 Å². The summed E-state index contributed by atoms with van der Waals surface area (Å²) in [5, 5.41) is 87.2. The van der Waals surface area contributed by atoms with E-state index in [1.54, 1.807) is 0 Å². The monoisotopic (exact) mass is 688 g/mol.